The van der Waals surface area contributed by atoms with E-state index in [2.05, 4.69) is 4.98 Å². The van der Waals surface area contributed by atoms with Crippen LogP contribution >= 0.6 is 23.2 Å². The predicted molar refractivity (Wildman–Crippen MR) is 100 cm³/mol. The van der Waals surface area contributed by atoms with Crippen molar-refractivity contribution < 1.29 is 13.2 Å². The number of fused-ring (bicyclic) bond motifs is 2. The van der Waals surface area contributed by atoms with Crippen molar-refractivity contribution in [2.24, 2.45) is 0 Å². The molecule has 0 N–H and O–H groups in total. The van der Waals surface area contributed by atoms with Crippen molar-refractivity contribution in [1.82, 2.24) is 9.29 Å². The van der Waals surface area contributed by atoms with Gasteiger partial charge in [0.15, 0.2) is 0 Å². The number of aromatic nitrogens is 1. The molecule has 4 rings (SSSR count). The molecule has 2 unspecified atom stereocenters. The predicted octanol–water partition coefficient (Wildman–Crippen LogP) is 4.15. The van der Waals surface area contributed by atoms with Gasteiger partial charge in [-0.3, -0.25) is 4.98 Å². The van der Waals surface area contributed by atoms with E-state index in [4.69, 9.17) is 27.9 Å². The standard InChI is InChI=1S/C18H18Cl2N2O3S/c19-16-2-1-3-17(20)18(16)26(23,24)22-12-4-5-13(22)11-15(10-12)25-14-6-8-21-9-7-14/h1-3,6-9,12-13,15H,4-5,10-11H2. The summed E-state index contributed by atoms with van der Waals surface area (Å²) in [5.41, 5.74) is 0. The van der Waals surface area contributed by atoms with Crippen molar-refractivity contribution in [3.05, 3.63) is 52.8 Å². The molecule has 138 valence electrons. The first kappa shape index (κ1) is 18.0. The molecule has 0 radical (unpaired) electrons. The molecule has 2 saturated heterocycles. The average molecular weight is 413 g/mol. The fraction of sp³-hybridized carbons (Fsp3) is 0.389. The zero-order valence-corrected chi connectivity index (χ0v) is 16.2. The molecule has 0 aliphatic carbocycles. The number of rotatable bonds is 4. The van der Waals surface area contributed by atoms with Crippen LogP contribution in [0.1, 0.15) is 25.7 Å². The van der Waals surface area contributed by atoms with E-state index in [0.29, 0.717) is 12.8 Å². The van der Waals surface area contributed by atoms with Crippen LogP contribution in [0.2, 0.25) is 10.0 Å². The molecule has 2 aliphatic heterocycles. The van der Waals surface area contributed by atoms with Gasteiger partial charge in [-0.05, 0) is 37.1 Å². The number of hydrogen-bond acceptors (Lipinski definition) is 4. The van der Waals surface area contributed by atoms with Gasteiger partial charge in [0.05, 0.1) is 10.0 Å². The van der Waals surface area contributed by atoms with Crippen LogP contribution in [-0.4, -0.2) is 35.9 Å². The molecule has 2 aromatic rings. The fourth-order valence-electron chi connectivity index (χ4n) is 4.02. The van der Waals surface area contributed by atoms with Crippen molar-refractivity contribution >= 4 is 33.2 Å². The Labute approximate surface area is 162 Å². The second kappa shape index (κ2) is 7.00. The Balaban J connectivity index is 1.58. The summed E-state index contributed by atoms with van der Waals surface area (Å²) in [6, 6.07) is 8.19. The Kier molecular flexibility index (Phi) is 4.86. The first-order valence-corrected chi connectivity index (χ1v) is 10.7. The maximum Gasteiger partial charge on any atom is 0.246 e. The van der Waals surface area contributed by atoms with E-state index < -0.39 is 10.0 Å². The van der Waals surface area contributed by atoms with Crippen molar-refractivity contribution in [2.45, 2.75) is 48.8 Å². The minimum Gasteiger partial charge on any atom is -0.490 e. The normalized spacial score (nSPS) is 26.0. The van der Waals surface area contributed by atoms with Crippen LogP contribution in [-0.2, 0) is 10.0 Å². The molecule has 0 saturated carbocycles. The lowest BCUT2D eigenvalue weighted by molar-refractivity contribution is 0.0956. The first-order valence-electron chi connectivity index (χ1n) is 8.51. The summed E-state index contributed by atoms with van der Waals surface area (Å²) in [7, 11) is -3.75. The van der Waals surface area contributed by atoms with E-state index >= 15 is 0 Å². The second-order valence-corrected chi connectivity index (χ2v) is 9.26. The lowest BCUT2D eigenvalue weighted by atomic mass is 10.0. The molecule has 2 aliphatic rings. The van der Waals surface area contributed by atoms with E-state index in [9.17, 15) is 8.42 Å². The SMILES string of the molecule is O=S(=O)(c1c(Cl)cccc1Cl)N1C2CCC1CC(Oc1ccncc1)C2. The third-order valence-electron chi connectivity index (χ3n) is 5.03. The van der Waals surface area contributed by atoms with Crippen LogP contribution in [0.5, 0.6) is 5.75 Å². The summed E-state index contributed by atoms with van der Waals surface area (Å²) in [4.78, 5) is 3.99. The van der Waals surface area contributed by atoms with Gasteiger partial charge in [-0.25, -0.2) is 8.42 Å². The minimum atomic E-state index is -3.75. The van der Waals surface area contributed by atoms with Gasteiger partial charge >= 0.3 is 0 Å². The van der Waals surface area contributed by atoms with Gasteiger partial charge in [0, 0.05) is 37.3 Å². The van der Waals surface area contributed by atoms with Gasteiger partial charge < -0.3 is 4.74 Å². The molecule has 1 aromatic heterocycles. The Morgan fingerprint density at radius 3 is 2.15 bits per heavy atom. The summed E-state index contributed by atoms with van der Waals surface area (Å²) in [6.07, 6.45) is 6.30. The van der Waals surface area contributed by atoms with Gasteiger partial charge in [0.1, 0.15) is 16.7 Å². The summed E-state index contributed by atoms with van der Waals surface area (Å²) >= 11 is 12.3. The van der Waals surface area contributed by atoms with Crippen molar-refractivity contribution in [3.8, 4) is 5.75 Å². The molecular formula is C18H18Cl2N2O3S. The molecule has 3 heterocycles. The highest BCUT2D eigenvalue weighted by molar-refractivity contribution is 7.89. The second-order valence-electron chi connectivity index (χ2n) is 6.66. The van der Waals surface area contributed by atoms with Crippen molar-refractivity contribution in [2.75, 3.05) is 0 Å². The number of halogens is 2. The van der Waals surface area contributed by atoms with Crippen LogP contribution in [0.15, 0.2) is 47.6 Å². The third kappa shape index (κ3) is 3.20. The maximum absolute atomic E-state index is 13.3. The molecule has 2 atom stereocenters. The molecule has 8 heteroatoms. The summed E-state index contributed by atoms with van der Waals surface area (Å²) < 4.78 is 34.2. The quantitative estimate of drug-likeness (QED) is 0.756. The smallest absolute Gasteiger partial charge is 0.246 e. The summed E-state index contributed by atoms with van der Waals surface area (Å²) in [5, 5.41) is 0.319. The van der Waals surface area contributed by atoms with Crippen LogP contribution in [0.4, 0.5) is 0 Å². The molecule has 5 nitrogen and oxygen atoms in total. The van der Waals surface area contributed by atoms with Gasteiger partial charge in [0.2, 0.25) is 10.0 Å². The Morgan fingerprint density at radius 2 is 1.58 bits per heavy atom. The van der Waals surface area contributed by atoms with Gasteiger partial charge in [-0.15, -0.1) is 0 Å². The molecule has 2 bridgehead atoms. The van der Waals surface area contributed by atoms with E-state index in [1.54, 1.807) is 34.9 Å². The minimum absolute atomic E-state index is 0.00809. The van der Waals surface area contributed by atoms with Crippen LogP contribution in [0.25, 0.3) is 0 Å². The van der Waals surface area contributed by atoms with Crippen LogP contribution < -0.4 is 4.74 Å². The number of sulfonamides is 1. The lowest BCUT2D eigenvalue weighted by Gasteiger charge is -2.38. The van der Waals surface area contributed by atoms with Crippen LogP contribution in [0, 0.1) is 0 Å². The monoisotopic (exact) mass is 412 g/mol. The number of ether oxygens (including phenoxy) is 1. The molecule has 1 aromatic carbocycles. The Bertz CT molecular complexity index is 874. The fourth-order valence-corrected chi connectivity index (χ4v) is 7.01. The zero-order valence-electron chi connectivity index (χ0n) is 13.9. The number of pyridine rings is 1. The molecule has 0 spiro atoms. The maximum atomic E-state index is 13.3. The Hall–Kier alpha value is -1.34. The Morgan fingerprint density at radius 1 is 1.00 bits per heavy atom. The highest BCUT2D eigenvalue weighted by Gasteiger charge is 2.48. The van der Waals surface area contributed by atoms with Crippen LogP contribution in [0.3, 0.4) is 0 Å². The molecule has 2 fully saturated rings. The van der Waals surface area contributed by atoms with E-state index in [0.717, 1.165) is 18.6 Å². The lowest BCUT2D eigenvalue weighted by Crippen LogP contribution is -2.49. The van der Waals surface area contributed by atoms with Gasteiger partial charge in [-0.2, -0.15) is 4.31 Å². The zero-order chi connectivity index (χ0) is 18.3. The highest BCUT2D eigenvalue weighted by atomic mass is 35.5. The first-order chi connectivity index (χ1) is 12.5. The molecule has 0 amide bonds. The topological polar surface area (TPSA) is 59.5 Å². The number of nitrogens with zero attached hydrogens (tertiary/aromatic N) is 2. The third-order valence-corrected chi connectivity index (χ3v) is 7.99. The van der Waals surface area contributed by atoms with Crippen molar-refractivity contribution in [3.63, 3.8) is 0 Å². The molecule has 26 heavy (non-hydrogen) atoms. The molecular weight excluding hydrogens is 395 g/mol. The van der Waals surface area contributed by atoms with Gasteiger partial charge in [0.25, 0.3) is 0 Å². The van der Waals surface area contributed by atoms with E-state index in [-0.39, 0.29) is 33.1 Å². The average Bonchev–Trinajstić information content (AvgIpc) is 2.88. The van der Waals surface area contributed by atoms with E-state index in [1.165, 1.54) is 0 Å². The highest BCUT2D eigenvalue weighted by Crippen LogP contribution is 2.43. The van der Waals surface area contributed by atoms with Crippen molar-refractivity contribution in [1.29, 1.82) is 0 Å². The summed E-state index contributed by atoms with van der Waals surface area (Å²) in [6.45, 7) is 0. The number of benzene rings is 1. The largest absolute Gasteiger partial charge is 0.490 e. The number of piperidine rings is 1. The number of hydrogen-bond donors (Lipinski definition) is 0. The van der Waals surface area contributed by atoms with Gasteiger partial charge in [-0.1, -0.05) is 29.3 Å². The van der Waals surface area contributed by atoms with E-state index in [1.807, 2.05) is 12.1 Å². The summed E-state index contributed by atoms with van der Waals surface area (Å²) in [5.74, 6) is 0.759.